The monoisotopic (exact) mass is 369 g/mol. The van der Waals surface area contributed by atoms with Crippen LogP contribution in [0, 0.1) is 6.92 Å². The van der Waals surface area contributed by atoms with Crippen LogP contribution in [0.15, 0.2) is 39.0 Å². The van der Waals surface area contributed by atoms with E-state index < -0.39 is 0 Å². The summed E-state index contributed by atoms with van der Waals surface area (Å²) >= 11 is 6.63. The second-order valence-electron chi connectivity index (χ2n) is 4.54. The highest BCUT2D eigenvalue weighted by atomic mass is 79.9. The average molecular weight is 370 g/mol. The van der Waals surface area contributed by atoms with Gasteiger partial charge >= 0.3 is 0 Å². The first kappa shape index (κ1) is 15.6. The smallest absolute Gasteiger partial charge is 0.261 e. The van der Waals surface area contributed by atoms with Gasteiger partial charge in [0.15, 0.2) is 0 Å². The number of thioether (sulfide) groups is 1. The van der Waals surface area contributed by atoms with Gasteiger partial charge in [0, 0.05) is 4.90 Å². The van der Waals surface area contributed by atoms with Gasteiger partial charge in [-0.1, -0.05) is 12.1 Å². The zero-order valence-electron chi connectivity index (χ0n) is 11.6. The van der Waals surface area contributed by atoms with E-state index >= 15 is 0 Å². The first-order valence-corrected chi connectivity index (χ1v) is 9.05. The molecule has 0 fully saturated rings. The first-order chi connectivity index (χ1) is 9.51. The Morgan fingerprint density at radius 1 is 1.35 bits per heavy atom. The molecule has 0 bridgehead atoms. The highest BCUT2D eigenvalue weighted by Gasteiger charge is 2.14. The van der Waals surface area contributed by atoms with Gasteiger partial charge in [0.1, 0.15) is 0 Å². The third-order valence-electron chi connectivity index (χ3n) is 3.04. The Hall–Kier alpha value is -0.780. The lowest BCUT2D eigenvalue weighted by Gasteiger charge is -2.14. The molecule has 2 aromatic rings. The zero-order chi connectivity index (χ0) is 14.7. The average Bonchev–Trinajstić information content (AvgIpc) is 2.79. The van der Waals surface area contributed by atoms with Crippen molar-refractivity contribution in [2.75, 3.05) is 6.26 Å². The van der Waals surface area contributed by atoms with Crippen molar-refractivity contribution in [3.8, 4) is 0 Å². The minimum atomic E-state index is -0.0229. The highest BCUT2D eigenvalue weighted by Crippen LogP contribution is 2.28. The first-order valence-electron chi connectivity index (χ1n) is 6.22. The largest absolute Gasteiger partial charge is 0.345 e. The maximum absolute atomic E-state index is 12.2. The van der Waals surface area contributed by atoms with Gasteiger partial charge in [0.25, 0.3) is 5.91 Å². The van der Waals surface area contributed by atoms with Gasteiger partial charge in [-0.05, 0) is 65.4 Å². The number of benzene rings is 1. The molecule has 2 rings (SSSR count). The van der Waals surface area contributed by atoms with Crippen molar-refractivity contribution in [1.29, 1.82) is 0 Å². The third kappa shape index (κ3) is 3.65. The molecular formula is C15H16BrNOS2. The Labute approximate surface area is 136 Å². The molecule has 1 unspecified atom stereocenters. The van der Waals surface area contributed by atoms with E-state index in [1.165, 1.54) is 16.2 Å². The molecule has 106 valence electrons. The van der Waals surface area contributed by atoms with Crippen LogP contribution in [0.5, 0.6) is 0 Å². The number of rotatable bonds is 4. The Kier molecular flexibility index (Phi) is 5.29. The van der Waals surface area contributed by atoms with E-state index in [0.29, 0.717) is 0 Å². The van der Waals surface area contributed by atoms with Crippen LogP contribution < -0.4 is 5.32 Å². The van der Waals surface area contributed by atoms with E-state index in [9.17, 15) is 4.79 Å². The molecule has 0 radical (unpaired) electrons. The van der Waals surface area contributed by atoms with E-state index in [-0.39, 0.29) is 11.9 Å². The predicted octanol–water partition coefficient (Wildman–Crippen LogP) is 5.03. The Morgan fingerprint density at radius 3 is 2.50 bits per heavy atom. The topological polar surface area (TPSA) is 29.1 Å². The van der Waals surface area contributed by atoms with E-state index in [2.05, 4.69) is 51.8 Å². The Morgan fingerprint density at radius 2 is 2.00 bits per heavy atom. The van der Waals surface area contributed by atoms with Gasteiger partial charge in [-0.2, -0.15) is 0 Å². The van der Waals surface area contributed by atoms with Crippen molar-refractivity contribution in [2.24, 2.45) is 0 Å². The van der Waals surface area contributed by atoms with Crippen molar-refractivity contribution < 1.29 is 4.79 Å². The summed E-state index contributed by atoms with van der Waals surface area (Å²) < 4.78 is 1.01. The summed E-state index contributed by atoms with van der Waals surface area (Å²) in [7, 11) is 0. The summed E-state index contributed by atoms with van der Waals surface area (Å²) in [4.78, 5) is 14.2. The number of halogens is 1. The van der Waals surface area contributed by atoms with Gasteiger partial charge in [-0.25, -0.2) is 0 Å². The summed E-state index contributed by atoms with van der Waals surface area (Å²) in [5.41, 5.74) is 2.21. The minimum absolute atomic E-state index is 0.000382. The molecule has 1 heterocycles. The fraction of sp³-hybridized carbons (Fsp3) is 0.267. The lowest BCUT2D eigenvalue weighted by atomic mass is 10.1. The van der Waals surface area contributed by atoms with Crippen LogP contribution in [-0.2, 0) is 0 Å². The molecule has 1 amide bonds. The lowest BCUT2D eigenvalue weighted by Crippen LogP contribution is -2.25. The van der Waals surface area contributed by atoms with E-state index in [1.54, 1.807) is 11.8 Å². The SMILES string of the molecule is CSc1ccc(C(C)NC(=O)c2cc(C)c(Br)s2)cc1. The predicted molar refractivity (Wildman–Crippen MR) is 90.9 cm³/mol. The van der Waals surface area contributed by atoms with Crippen LogP contribution >= 0.6 is 39.0 Å². The van der Waals surface area contributed by atoms with Crippen molar-refractivity contribution in [1.82, 2.24) is 5.32 Å². The van der Waals surface area contributed by atoms with Crippen molar-refractivity contribution >= 4 is 44.9 Å². The van der Waals surface area contributed by atoms with Crippen molar-refractivity contribution in [3.63, 3.8) is 0 Å². The molecule has 0 aliphatic rings. The molecule has 0 aliphatic heterocycles. The molecule has 1 aromatic carbocycles. The fourth-order valence-corrected chi connectivity index (χ4v) is 3.66. The van der Waals surface area contributed by atoms with E-state index in [0.717, 1.165) is 19.8 Å². The number of hydrogen-bond acceptors (Lipinski definition) is 3. The van der Waals surface area contributed by atoms with Gasteiger partial charge < -0.3 is 5.32 Å². The normalized spacial score (nSPS) is 12.2. The van der Waals surface area contributed by atoms with Crippen molar-refractivity contribution in [3.05, 3.63) is 50.1 Å². The standard InChI is InChI=1S/C15H16BrNOS2/c1-9-8-13(20-14(9)16)15(18)17-10(2)11-4-6-12(19-3)7-5-11/h4-8,10H,1-3H3,(H,17,18). The van der Waals surface area contributed by atoms with Gasteiger partial charge in [-0.3, -0.25) is 4.79 Å². The van der Waals surface area contributed by atoms with Gasteiger partial charge in [0.2, 0.25) is 0 Å². The second kappa shape index (κ2) is 6.78. The summed E-state index contributed by atoms with van der Waals surface area (Å²) in [5.74, 6) is -0.0229. The number of aryl methyl sites for hydroxylation is 1. The van der Waals surface area contributed by atoms with Crippen molar-refractivity contribution in [2.45, 2.75) is 24.8 Å². The second-order valence-corrected chi connectivity index (χ2v) is 7.79. The van der Waals surface area contributed by atoms with Crippen LogP contribution in [0.1, 0.15) is 33.8 Å². The number of carbonyl (C=O) groups excluding carboxylic acids is 1. The maximum atomic E-state index is 12.2. The Bertz CT molecular complexity index is 587. The van der Waals surface area contributed by atoms with Crippen LogP contribution in [0.3, 0.4) is 0 Å². The molecule has 1 N–H and O–H groups in total. The molecular weight excluding hydrogens is 354 g/mol. The van der Waals surface area contributed by atoms with Crippen LogP contribution in [-0.4, -0.2) is 12.2 Å². The summed E-state index contributed by atoms with van der Waals surface area (Å²) in [5, 5.41) is 3.03. The third-order valence-corrected chi connectivity index (χ3v) is 5.92. The fourth-order valence-electron chi connectivity index (χ4n) is 1.82. The minimum Gasteiger partial charge on any atom is -0.345 e. The summed E-state index contributed by atoms with van der Waals surface area (Å²) in [6, 6.07) is 10.2. The van der Waals surface area contributed by atoms with Gasteiger partial charge in [0.05, 0.1) is 14.7 Å². The van der Waals surface area contributed by atoms with Crippen LogP contribution in [0.25, 0.3) is 0 Å². The quantitative estimate of drug-likeness (QED) is 0.765. The molecule has 5 heteroatoms. The molecule has 20 heavy (non-hydrogen) atoms. The molecule has 0 spiro atoms. The van der Waals surface area contributed by atoms with Gasteiger partial charge in [-0.15, -0.1) is 23.1 Å². The van der Waals surface area contributed by atoms with Crippen LogP contribution in [0.2, 0.25) is 0 Å². The molecule has 1 atom stereocenters. The molecule has 1 aromatic heterocycles. The number of hydrogen-bond donors (Lipinski definition) is 1. The number of carbonyl (C=O) groups is 1. The maximum Gasteiger partial charge on any atom is 0.261 e. The molecule has 0 saturated carbocycles. The number of thiophene rings is 1. The number of nitrogens with one attached hydrogen (secondary N) is 1. The Balaban J connectivity index is 2.06. The molecule has 2 nitrogen and oxygen atoms in total. The lowest BCUT2D eigenvalue weighted by molar-refractivity contribution is 0.0944. The molecule has 0 aliphatic carbocycles. The number of amides is 1. The summed E-state index contributed by atoms with van der Waals surface area (Å²) in [6.45, 7) is 3.99. The van der Waals surface area contributed by atoms with Crippen LogP contribution in [0.4, 0.5) is 0 Å². The zero-order valence-corrected chi connectivity index (χ0v) is 14.8. The highest BCUT2D eigenvalue weighted by molar-refractivity contribution is 9.11. The van der Waals surface area contributed by atoms with E-state index in [1.807, 2.05) is 19.9 Å². The summed E-state index contributed by atoms with van der Waals surface area (Å²) in [6.07, 6.45) is 2.05. The molecule has 0 saturated heterocycles. The van der Waals surface area contributed by atoms with E-state index in [4.69, 9.17) is 0 Å².